The van der Waals surface area contributed by atoms with E-state index < -0.39 is 11.2 Å². The fourth-order valence-corrected chi connectivity index (χ4v) is 2.72. The second-order valence-electron chi connectivity index (χ2n) is 5.52. The molecule has 0 aliphatic heterocycles. The molecule has 2 aromatic rings. The Kier molecular flexibility index (Phi) is 3.93. The van der Waals surface area contributed by atoms with Gasteiger partial charge in [0.2, 0.25) is 0 Å². The highest BCUT2D eigenvalue weighted by molar-refractivity contribution is 9.10. The summed E-state index contributed by atoms with van der Waals surface area (Å²) in [6, 6.07) is 4.91. The van der Waals surface area contributed by atoms with Crippen LogP contribution in [0.1, 0.15) is 26.3 Å². The van der Waals surface area contributed by atoms with E-state index in [1.165, 1.54) is 16.8 Å². The average molecular weight is 358 g/mol. The van der Waals surface area contributed by atoms with Gasteiger partial charge in [-0.15, -0.1) is 0 Å². The SMILES string of the molecule is CC(C)(C)c1cc(-n2ccc(=O)[nH]c2=O)cc(Br)c1Cl. The summed E-state index contributed by atoms with van der Waals surface area (Å²) < 4.78 is 2.08. The molecule has 1 aromatic carbocycles. The zero-order valence-corrected chi connectivity index (χ0v) is 13.7. The normalized spacial score (nSPS) is 11.7. The molecule has 1 aromatic heterocycles. The molecule has 0 spiro atoms. The van der Waals surface area contributed by atoms with Crippen LogP contribution in [0.5, 0.6) is 0 Å². The lowest BCUT2D eigenvalue weighted by Crippen LogP contribution is -2.27. The number of rotatable bonds is 1. The maximum atomic E-state index is 11.9. The van der Waals surface area contributed by atoms with E-state index in [0.29, 0.717) is 15.2 Å². The summed E-state index contributed by atoms with van der Waals surface area (Å²) in [7, 11) is 0. The molecule has 4 nitrogen and oxygen atoms in total. The van der Waals surface area contributed by atoms with Crippen molar-refractivity contribution in [1.82, 2.24) is 9.55 Å². The van der Waals surface area contributed by atoms with Crippen LogP contribution in [0.15, 0.2) is 38.5 Å². The molecule has 106 valence electrons. The fourth-order valence-electron chi connectivity index (χ4n) is 1.88. The summed E-state index contributed by atoms with van der Waals surface area (Å²) in [6.45, 7) is 6.13. The van der Waals surface area contributed by atoms with Crippen LogP contribution in [-0.2, 0) is 5.41 Å². The van der Waals surface area contributed by atoms with Crippen molar-refractivity contribution in [3.63, 3.8) is 0 Å². The van der Waals surface area contributed by atoms with Crippen molar-refractivity contribution >= 4 is 27.5 Å². The lowest BCUT2D eigenvalue weighted by atomic mass is 9.87. The summed E-state index contributed by atoms with van der Waals surface area (Å²) in [5.74, 6) is 0. The fraction of sp³-hybridized carbons (Fsp3) is 0.286. The van der Waals surface area contributed by atoms with Gasteiger partial charge in [0, 0.05) is 16.7 Å². The van der Waals surface area contributed by atoms with Crippen LogP contribution in [-0.4, -0.2) is 9.55 Å². The van der Waals surface area contributed by atoms with E-state index in [2.05, 4.69) is 20.9 Å². The topological polar surface area (TPSA) is 54.9 Å². The Morgan fingerprint density at radius 1 is 1.25 bits per heavy atom. The Morgan fingerprint density at radius 2 is 1.90 bits per heavy atom. The van der Waals surface area contributed by atoms with E-state index in [0.717, 1.165) is 5.56 Å². The maximum absolute atomic E-state index is 11.9. The largest absolute Gasteiger partial charge is 0.332 e. The van der Waals surface area contributed by atoms with E-state index in [-0.39, 0.29) is 5.41 Å². The summed E-state index contributed by atoms with van der Waals surface area (Å²) >= 11 is 9.72. The van der Waals surface area contributed by atoms with Crippen molar-refractivity contribution in [2.45, 2.75) is 26.2 Å². The minimum atomic E-state index is -0.480. The Labute approximate surface area is 129 Å². The molecule has 0 fully saturated rings. The second kappa shape index (κ2) is 5.22. The number of hydrogen-bond acceptors (Lipinski definition) is 2. The highest BCUT2D eigenvalue weighted by Crippen LogP contribution is 2.36. The number of nitrogens with one attached hydrogen (secondary N) is 1. The van der Waals surface area contributed by atoms with Gasteiger partial charge < -0.3 is 0 Å². The highest BCUT2D eigenvalue weighted by atomic mass is 79.9. The number of hydrogen-bond donors (Lipinski definition) is 1. The first kappa shape index (κ1) is 15.1. The van der Waals surface area contributed by atoms with Crippen LogP contribution in [0, 0.1) is 0 Å². The Morgan fingerprint density at radius 3 is 2.45 bits per heavy atom. The van der Waals surface area contributed by atoms with Crippen molar-refractivity contribution in [2.24, 2.45) is 0 Å². The third kappa shape index (κ3) is 2.88. The smallest absolute Gasteiger partial charge is 0.274 e. The van der Waals surface area contributed by atoms with Gasteiger partial charge in [-0.05, 0) is 39.0 Å². The van der Waals surface area contributed by atoms with Crippen molar-refractivity contribution in [2.75, 3.05) is 0 Å². The van der Waals surface area contributed by atoms with Gasteiger partial charge in [0.15, 0.2) is 0 Å². The standard InChI is InChI=1S/C14H14BrClN2O2/c1-14(2,3)9-6-8(7-10(15)12(9)16)18-5-4-11(19)17-13(18)20/h4-7H,1-3H3,(H,17,19,20). The Hall–Kier alpha value is -1.33. The zero-order chi connectivity index (χ0) is 15.1. The molecule has 0 aliphatic rings. The minimum absolute atomic E-state index is 0.165. The van der Waals surface area contributed by atoms with Gasteiger partial charge in [-0.2, -0.15) is 0 Å². The molecule has 6 heteroatoms. The van der Waals surface area contributed by atoms with E-state index in [1.807, 2.05) is 26.8 Å². The Bertz CT molecular complexity index is 772. The van der Waals surface area contributed by atoms with Crippen molar-refractivity contribution < 1.29 is 0 Å². The number of halogens is 2. The van der Waals surface area contributed by atoms with Gasteiger partial charge >= 0.3 is 5.69 Å². The lowest BCUT2D eigenvalue weighted by molar-refractivity contribution is 0.589. The molecular weight excluding hydrogens is 344 g/mol. The molecule has 0 amide bonds. The molecule has 20 heavy (non-hydrogen) atoms. The van der Waals surface area contributed by atoms with Crippen LogP contribution < -0.4 is 11.2 Å². The molecule has 0 atom stereocenters. The molecular formula is C14H14BrClN2O2. The zero-order valence-electron chi connectivity index (χ0n) is 11.3. The monoisotopic (exact) mass is 356 g/mol. The van der Waals surface area contributed by atoms with Crippen LogP contribution in [0.2, 0.25) is 5.02 Å². The predicted octanol–water partition coefficient (Wildman–Crippen LogP) is 3.24. The molecule has 0 saturated carbocycles. The average Bonchev–Trinajstić information content (AvgIpc) is 2.31. The summed E-state index contributed by atoms with van der Waals surface area (Å²) in [5, 5.41) is 0.624. The second-order valence-corrected chi connectivity index (χ2v) is 6.75. The molecule has 1 heterocycles. The van der Waals surface area contributed by atoms with Crippen molar-refractivity contribution in [3.8, 4) is 5.69 Å². The third-order valence-corrected chi connectivity index (χ3v) is 4.18. The molecule has 2 rings (SSSR count). The first-order valence-corrected chi connectivity index (χ1v) is 7.19. The highest BCUT2D eigenvalue weighted by Gasteiger charge is 2.20. The number of aromatic nitrogens is 2. The van der Waals surface area contributed by atoms with Crippen molar-refractivity contribution in [3.05, 3.63) is 60.3 Å². The van der Waals surface area contributed by atoms with Gasteiger partial charge in [-0.25, -0.2) is 4.79 Å². The first-order chi connectivity index (χ1) is 9.20. The number of benzene rings is 1. The van der Waals surface area contributed by atoms with Gasteiger partial charge in [-0.3, -0.25) is 14.3 Å². The van der Waals surface area contributed by atoms with Gasteiger partial charge in [0.25, 0.3) is 5.56 Å². The Balaban J connectivity index is 2.73. The maximum Gasteiger partial charge on any atom is 0.332 e. The number of aromatic amines is 1. The van der Waals surface area contributed by atoms with Crippen LogP contribution >= 0.6 is 27.5 Å². The summed E-state index contributed by atoms with van der Waals surface area (Å²) in [6.07, 6.45) is 1.45. The van der Waals surface area contributed by atoms with E-state index in [9.17, 15) is 9.59 Å². The van der Waals surface area contributed by atoms with E-state index in [1.54, 1.807) is 6.07 Å². The van der Waals surface area contributed by atoms with E-state index in [4.69, 9.17) is 11.6 Å². The van der Waals surface area contributed by atoms with Gasteiger partial charge in [0.05, 0.1) is 10.7 Å². The predicted molar refractivity (Wildman–Crippen MR) is 84.1 cm³/mol. The molecule has 0 radical (unpaired) electrons. The molecule has 0 bridgehead atoms. The van der Waals surface area contributed by atoms with Crippen molar-refractivity contribution in [1.29, 1.82) is 0 Å². The molecule has 0 aliphatic carbocycles. The third-order valence-electron chi connectivity index (χ3n) is 2.92. The molecule has 1 N–H and O–H groups in total. The van der Waals surface area contributed by atoms with Gasteiger partial charge in [-0.1, -0.05) is 32.4 Å². The summed E-state index contributed by atoms with van der Waals surface area (Å²) in [4.78, 5) is 25.2. The van der Waals surface area contributed by atoms with Crippen LogP contribution in [0.3, 0.4) is 0 Å². The van der Waals surface area contributed by atoms with Crippen LogP contribution in [0.4, 0.5) is 0 Å². The lowest BCUT2D eigenvalue weighted by Gasteiger charge is -2.22. The number of H-pyrrole nitrogens is 1. The quantitative estimate of drug-likeness (QED) is 0.852. The minimum Gasteiger partial charge on any atom is -0.274 e. The molecule has 0 saturated heterocycles. The molecule has 0 unspecified atom stereocenters. The van der Waals surface area contributed by atoms with E-state index >= 15 is 0 Å². The van der Waals surface area contributed by atoms with Crippen LogP contribution in [0.25, 0.3) is 5.69 Å². The number of nitrogens with zero attached hydrogens (tertiary/aromatic N) is 1. The summed E-state index contributed by atoms with van der Waals surface area (Å²) in [5.41, 5.74) is 0.498. The first-order valence-electron chi connectivity index (χ1n) is 6.02. The van der Waals surface area contributed by atoms with Gasteiger partial charge in [0.1, 0.15) is 0 Å².